The second-order valence-corrected chi connectivity index (χ2v) is 7.71. The molecule has 0 spiro atoms. The molecule has 27 heavy (non-hydrogen) atoms. The molecule has 1 aromatic carbocycles. The van der Waals surface area contributed by atoms with E-state index in [1.807, 2.05) is 4.90 Å². The summed E-state index contributed by atoms with van der Waals surface area (Å²) in [6.45, 7) is 3.92. The van der Waals surface area contributed by atoms with Crippen LogP contribution in [0.3, 0.4) is 0 Å². The summed E-state index contributed by atoms with van der Waals surface area (Å²) in [5, 5.41) is 17.8. The third-order valence-corrected chi connectivity index (χ3v) is 5.80. The summed E-state index contributed by atoms with van der Waals surface area (Å²) >= 11 is 0. The van der Waals surface area contributed by atoms with Crippen molar-refractivity contribution in [3.05, 3.63) is 35.5 Å². The van der Waals surface area contributed by atoms with Crippen LogP contribution in [0.15, 0.2) is 28.8 Å². The molecule has 2 aliphatic rings. The molecule has 0 unspecified atom stereocenters. The molecule has 0 radical (unpaired) electrons. The van der Waals surface area contributed by atoms with Crippen LogP contribution in [-0.2, 0) is 4.79 Å². The number of likely N-dealkylation sites (tertiary alicyclic amines) is 1. The minimum absolute atomic E-state index is 0.124. The van der Waals surface area contributed by atoms with Crippen molar-refractivity contribution in [1.82, 2.24) is 15.4 Å². The second-order valence-electron chi connectivity index (χ2n) is 7.71. The van der Waals surface area contributed by atoms with Gasteiger partial charge in [-0.1, -0.05) is 23.4 Å². The lowest BCUT2D eigenvalue weighted by Crippen LogP contribution is -2.36. The van der Waals surface area contributed by atoms with Crippen molar-refractivity contribution < 1.29 is 14.4 Å². The van der Waals surface area contributed by atoms with Crippen LogP contribution in [0.25, 0.3) is 17.0 Å². The monoisotopic (exact) mass is 369 g/mol. The van der Waals surface area contributed by atoms with Gasteiger partial charge in [0.15, 0.2) is 5.58 Å². The van der Waals surface area contributed by atoms with Gasteiger partial charge in [-0.25, -0.2) is 0 Å². The zero-order chi connectivity index (χ0) is 18.6. The number of carbonyl (C=O) groups is 1. The molecule has 0 saturated carbocycles. The Labute approximate surface area is 159 Å². The van der Waals surface area contributed by atoms with E-state index in [0.29, 0.717) is 11.8 Å². The Morgan fingerprint density at radius 3 is 2.78 bits per heavy atom. The third kappa shape index (κ3) is 4.39. The standard InChI is InChI=1S/C21H27N3O3/c25-20(26)14-24-11-7-17(8-12-24)21-18-4-3-16(13-19(18)27-23-21)2-1-15-5-9-22-10-6-15/h1-4,13,15,17,22H,5-12,14H2,(H,25,26)/b2-1+. The lowest BCUT2D eigenvalue weighted by Gasteiger charge is -2.29. The van der Waals surface area contributed by atoms with Gasteiger partial charge in [0.25, 0.3) is 0 Å². The molecule has 3 heterocycles. The van der Waals surface area contributed by atoms with Crippen LogP contribution in [0.4, 0.5) is 0 Å². The van der Waals surface area contributed by atoms with Gasteiger partial charge in [-0.2, -0.15) is 0 Å². The number of aromatic nitrogens is 1. The SMILES string of the molecule is O=C(O)CN1CCC(c2noc3cc(/C=C/C4CCNCC4)ccc23)CC1. The van der Waals surface area contributed by atoms with E-state index in [-0.39, 0.29) is 6.54 Å². The lowest BCUT2D eigenvalue weighted by atomic mass is 9.91. The quantitative estimate of drug-likeness (QED) is 0.843. The zero-order valence-electron chi connectivity index (χ0n) is 15.6. The fourth-order valence-corrected chi connectivity index (χ4v) is 4.21. The lowest BCUT2D eigenvalue weighted by molar-refractivity contribution is -0.138. The van der Waals surface area contributed by atoms with Gasteiger partial charge in [-0.05, 0) is 75.5 Å². The first-order chi connectivity index (χ1) is 13.2. The maximum Gasteiger partial charge on any atom is 0.317 e. The Hall–Kier alpha value is -2.18. The molecule has 6 nitrogen and oxygen atoms in total. The summed E-state index contributed by atoms with van der Waals surface area (Å²) in [6, 6.07) is 6.33. The summed E-state index contributed by atoms with van der Waals surface area (Å²) < 4.78 is 5.62. The highest BCUT2D eigenvalue weighted by atomic mass is 16.5. The number of fused-ring (bicyclic) bond motifs is 1. The molecule has 0 aliphatic carbocycles. The fraction of sp³-hybridized carbons (Fsp3) is 0.524. The van der Waals surface area contributed by atoms with Crippen LogP contribution in [0.2, 0.25) is 0 Å². The van der Waals surface area contributed by atoms with Crippen molar-refractivity contribution >= 4 is 23.0 Å². The number of rotatable bonds is 5. The molecule has 6 heteroatoms. The van der Waals surface area contributed by atoms with Crippen molar-refractivity contribution in [2.75, 3.05) is 32.7 Å². The van der Waals surface area contributed by atoms with Crippen LogP contribution in [0.5, 0.6) is 0 Å². The van der Waals surface area contributed by atoms with E-state index in [2.05, 4.69) is 40.8 Å². The average Bonchev–Trinajstić information content (AvgIpc) is 3.10. The molecule has 0 bridgehead atoms. The average molecular weight is 369 g/mol. The van der Waals surface area contributed by atoms with Crippen LogP contribution in [-0.4, -0.2) is 53.9 Å². The maximum atomic E-state index is 10.9. The van der Waals surface area contributed by atoms with Crippen molar-refractivity contribution in [3.63, 3.8) is 0 Å². The molecule has 144 valence electrons. The number of carboxylic acid groups (broad SMARTS) is 1. The first-order valence-corrected chi connectivity index (χ1v) is 9.91. The van der Waals surface area contributed by atoms with E-state index in [1.165, 1.54) is 12.8 Å². The van der Waals surface area contributed by atoms with Crippen LogP contribution in [0.1, 0.15) is 42.9 Å². The molecule has 2 aromatic rings. The van der Waals surface area contributed by atoms with Gasteiger partial charge < -0.3 is 14.9 Å². The highest BCUT2D eigenvalue weighted by molar-refractivity contribution is 5.82. The Morgan fingerprint density at radius 1 is 1.26 bits per heavy atom. The van der Waals surface area contributed by atoms with Crippen LogP contribution in [0, 0.1) is 5.92 Å². The minimum atomic E-state index is -0.759. The minimum Gasteiger partial charge on any atom is -0.480 e. The first kappa shape index (κ1) is 18.2. The van der Waals surface area contributed by atoms with Crippen molar-refractivity contribution in [2.24, 2.45) is 5.92 Å². The Balaban J connectivity index is 1.43. The van der Waals surface area contributed by atoms with Gasteiger partial charge in [0, 0.05) is 11.3 Å². The van der Waals surface area contributed by atoms with E-state index in [9.17, 15) is 4.79 Å². The van der Waals surface area contributed by atoms with E-state index in [1.54, 1.807) is 0 Å². The van der Waals surface area contributed by atoms with Crippen LogP contribution < -0.4 is 5.32 Å². The normalized spacial score (nSPS) is 20.6. The summed E-state index contributed by atoms with van der Waals surface area (Å²) in [5.41, 5.74) is 3.01. The van der Waals surface area contributed by atoms with Gasteiger partial charge in [0.2, 0.25) is 0 Å². The van der Waals surface area contributed by atoms with Crippen molar-refractivity contribution in [3.8, 4) is 0 Å². The summed E-state index contributed by atoms with van der Waals surface area (Å²) in [5.74, 6) is 0.237. The molecular formula is C21H27N3O3. The summed E-state index contributed by atoms with van der Waals surface area (Å²) in [7, 11) is 0. The molecule has 2 fully saturated rings. The molecule has 2 saturated heterocycles. The summed E-state index contributed by atoms with van der Waals surface area (Å²) in [4.78, 5) is 12.9. The van der Waals surface area contributed by atoms with E-state index >= 15 is 0 Å². The molecule has 0 atom stereocenters. The predicted octanol–water partition coefficient (Wildman–Crippen LogP) is 3.10. The number of aliphatic carboxylic acids is 1. The van der Waals surface area contributed by atoms with Gasteiger partial charge in [0.05, 0.1) is 12.2 Å². The Morgan fingerprint density at radius 2 is 2.04 bits per heavy atom. The number of allylic oxidation sites excluding steroid dienone is 1. The summed E-state index contributed by atoms with van der Waals surface area (Å²) in [6.07, 6.45) is 8.76. The first-order valence-electron chi connectivity index (χ1n) is 9.91. The smallest absolute Gasteiger partial charge is 0.317 e. The molecule has 4 rings (SSSR count). The Kier molecular flexibility index (Phi) is 5.55. The predicted molar refractivity (Wildman–Crippen MR) is 105 cm³/mol. The maximum absolute atomic E-state index is 10.9. The van der Waals surface area contributed by atoms with E-state index < -0.39 is 5.97 Å². The number of piperidine rings is 2. The number of benzene rings is 1. The van der Waals surface area contributed by atoms with Gasteiger partial charge in [0.1, 0.15) is 0 Å². The third-order valence-electron chi connectivity index (χ3n) is 5.80. The highest BCUT2D eigenvalue weighted by Crippen LogP contribution is 2.33. The number of nitrogens with zero attached hydrogens (tertiary/aromatic N) is 2. The molecule has 1 aromatic heterocycles. The van der Waals surface area contributed by atoms with Crippen molar-refractivity contribution in [2.45, 2.75) is 31.6 Å². The zero-order valence-corrected chi connectivity index (χ0v) is 15.6. The fourth-order valence-electron chi connectivity index (χ4n) is 4.21. The van der Waals surface area contributed by atoms with Gasteiger partial charge in [-0.3, -0.25) is 9.69 Å². The number of carboxylic acids is 1. The van der Waals surface area contributed by atoms with Crippen LogP contribution >= 0.6 is 0 Å². The van der Waals surface area contributed by atoms with Crippen molar-refractivity contribution in [1.29, 1.82) is 0 Å². The van der Waals surface area contributed by atoms with E-state index in [4.69, 9.17) is 9.63 Å². The van der Waals surface area contributed by atoms with E-state index in [0.717, 1.165) is 61.2 Å². The topological polar surface area (TPSA) is 78.6 Å². The highest BCUT2D eigenvalue weighted by Gasteiger charge is 2.25. The molecule has 2 aliphatic heterocycles. The van der Waals surface area contributed by atoms with Gasteiger partial charge >= 0.3 is 5.97 Å². The second kappa shape index (κ2) is 8.23. The number of nitrogens with one attached hydrogen (secondary N) is 1. The van der Waals surface area contributed by atoms with Gasteiger partial charge in [-0.15, -0.1) is 0 Å². The molecular weight excluding hydrogens is 342 g/mol. The number of hydrogen-bond donors (Lipinski definition) is 2. The molecule has 0 amide bonds. The molecule has 2 N–H and O–H groups in total. The largest absolute Gasteiger partial charge is 0.480 e. The Bertz CT molecular complexity index is 815. The number of hydrogen-bond acceptors (Lipinski definition) is 5.